The van der Waals surface area contributed by atoms with Crippen molar-refractivity contribution in [2.75, 3.05) is 38.5 Å². The van der Waals surface area contributed by atoms with Gasteiger partial charge in [-0.1, -0.05) is 24.3 Å². The summed E-state index contributed by atoms with van der Waals surface area (Å²) in [7, 11) is 1.85. The van der Waals surface area contributed by atoms with E-state index in [2.05, 4.69) is 33.7 Å². The predicted octanol–water partition coefficient (Wildman–Crippen LogP) is 4.55. The Morgan fingerprint density at radius 1 is 1.36 bits per heavy atom. The van der Waals surface area contributed by atoms with Crippen LogP contribution in [0.25, 0.3) is 5.70 Å². The maximum absolute atomic E-state index is 11.7. The minimum Gasteiger partial charge on any atom is -0.481 e. The Labute approximate surface area is 214 Å². The van der Waals surface area contributed by atoms with Gasteiger partial charge in [0, 0.05) is 50.2 Å². The number of likely N-dealkylation sites (tertiary alicyclic amines) is 1. The van der Waals surface area contributed by atoms with Crippen molar-refractivity contribution in [1.82, 2.24) is 15.2 Å². The van der Waals surface area contributed by atoms with Gasteiger partial charge in [0.2, 0.25) is 0 Å². The number of carboxylic acid groups (broad SMARTS) is 1. The number of carbonyl (C=O) groups is 1. The SMILES string of the molecule is CN/C(=C(/C)C=N)c1cccc(C(CC(=O)O)CN2CCC(CCc3ccc4c(n3)NCCC4)C2)c1. The molecule has 2 aromatic rings. The largest absolute Gasteiger partial charge is 0.481 e. The number of hydrogen-bond acceptors (Lipinski definition) is 6. The lowest BCUT2D eigenvalue weighted by Gasteiger charge is -2.24. The molecule has 192 valence electrons. The van der Waals surface area contributed by atoms with Crippen LogP contribution in [0.2, 0.25) is 0 Å². The molecule has 2 aliphatic heterocycles. The summed E-state index contributed by atoms with van der Waals surface area (Å²) in [5.74, 6) is 0.834. The molecule has 2 aliphatic rings. The summed E-state index contributed by atoms with van der Waals surface area (Å²) in [6.07, 6.45) is 6.99. The monoisotopic (exact) mass is 489 g/mol. The number of allylic oxidation sites excluding steroid dienone is 1. The molecule has 4 N–H and O–H groups in total. The second-order valence-corrected chi connectivity index (χ2v) is 10.2. The maximum atomic E-state index is 11.7. The minimum absolute atomic E-state index is 0.0759. The van der Waals surface area contributed by atoms with Crippen LogP contribution in [0.15, 0.2) is 42.0 Å². The molecule has 0 bridgehead atoms. The molecule has 4 rings (SSSR count). The Balaban J connectivity index is 1.38. The van der Waals surface area contributed by atoms with Crippen molar-refractivity contribution in [2.45, 2.75) is 51.4 Å². The van der Waals surface area contributed by atoms with Gasteiger partial charge in [-0.25, -0.2) is 4.98 Å². The number of fused-ring (bicyclic) bond motifs is 1. The van der Waals surface area contributed by atoms with E-state index in [9.17, 15) is 9.90 Å². The highest BCUT2D eigenvalue weighted by atomic mass is 16.4. The molecule has 1 aromatic heterocycles. The molecule has 3 heterocycles. The smallest absolute Gasteiger partial charge is 0.304 e. The third kappa shape index (κ3) is 6.52. The number of aromatic nitrogens is 1. The zero-order valence-corrected chi connectivity index (χ0v) is 21.5. The number of nitrogens with one attached hydrogen (secondary N) is 3. The van der Waals surface area contributed by atoms with E-state index in [0.29, 0.717) is 5.92 Å². The molecule has 0 amide bonds. The van der Waals surface area contributed by atoms with Crippen molar-refractivity contribution in [3.63, 3.8) is 0 Å². The van der Waals surface area contributed by atoms with Crippen molar-refractivity contribution < 1.29 is 9.90 Å². The number of aliphatic carboxylic acids is 1. The summed E-state index contributed by atoms with van der Waals surface area (Å²) in [5.41, 5.74) is 6.25. The Morgan fingerprint density at radius 3 is 3.00 bits per heavy atom. The predicted molar refractivity (Wildman–Crippen MR) is 146 cm³/mol. The van der Waals surface area contributed by atoms with Crippen LogP contribution in [0.1, 0.15) is 60.9 Å². The topological polar surface area (TPSA) is 101 Å². The highest BCUT2D eigenvalue weighted by Crippen LogP contribution is 2.29. The van der Waals surface area contributed by atoms with Crippen molar-refractivity contribution in [3.8, 4) is 0 Å². The Morgan fingerprint density at radius 2 is 2.22 bits per heavy atom. The van der Waals surface area contributed by atoms with Crippen LogP contribution in [0.5, 0.6) is 0 Å². The molecule has 2 unspecified atom stereocenters. The number of carboxylic acids is 1. The fraction of sp³-hybridized carbons (Fsp3) is 0.483. The Kier molecular flexibility index (Phi) is 8.75. The van der Waals surface area contributed by atoms with Crippen LogP contribution in [0.4, 0.5) is 5.82 Å². The van der Waals surface area contributed by atoms with Crippen molar-refractivity contribution >= 4 is 23.7 Å². The Bertz CT molecular complexity index is 1110. The molecule has 2 atom stereocenters. The minimum atomic E-state index is -0.770. The van der Waals surface area contributed by atoms with Gasteiger partial charge in [-0.3, -0.25) is 4.79 Å². The number of benzene rings is 1. The lowest BCUT2D eigenvalue weighted by molar-refractivity contribution is -0.137. The van der Waals surface area contributed by atoms with Gasteiger partial charge in [0.25, 0.3) is 0 Å². The summed E-state index contributed by atoms with van der Waals surface area (Å²) in [5, 5.41) is 23.9. The van der Waals surface area contributed by atoms with Crippen LogP contribution >= 0.6 is 0 Å². The first-order valence-electron chi connectivity index (χ1n) is 13.1. The fourth-order valence-electron chi connectivity index (χ4n) is 5.57. The summed E-state index contributed by atoms with van der Waals surface area (Å²) < 4.78 is 0. The molecule has 1 aromatic carbocycles. The first-order valence-corrected chi connectivity index (χ1v) is 13.1. The van der Waals surface area contributed by atoms with Crippen LogP contribution in [0, 0.1) is 11.3 Å². The highest BCUT2D eigenvalue weighted by molar-refractivity contribution is 5.88. The van der Waals surface area contributed by atoms with Crippen molar-refractivity contribution in [1.29, 1.82) is 5.41 Å². The average molecular weight is 490 g/mol. The molecule has 7 nitrogen and oxygen atoms in total. The molecule has 36 heavy (non-hydrogen) atoms. The molecular formula is C29H39N5O2. The summed E-state index contributed by atoms with van der Waals surface area (Å²) in [6.45, 7) is 5.67. The first kappa shape index (κ1) is 25.9. The zero-order valence-electron chi connectivity index (χ0n) is 21.5. The van der Waals surface area contributed by atoms with Crippen LogP contribution in [-0.4, -0.2) is 60.4 Å². The van der Waals surface area contributed by atoms with E-state index in [1.165, 1.54) is 18.2 Å². The molecule has 0 spiro atoms. The third-order valence-corrected chi connectivity index (χ3v) is 7.54. The van der Waals surface area contributed by atoms with Gasteiger partial charge in [-0.2, -0.15) is 0 Å². The lowest BCUT2D eigenvalue weighted by Crippen LogP contribution is -2.28. The van der Waals surface area contributed by atoms with E-state index in [0.717, 1.165) is 85.8 Å². The third-order valence-electron chi connectivity index (χ3n) is 7.54. The summed E-state index contributed by atoms with van der Waals surface area (Å²) >= 11 is 0. The standard InChI is InChI=1S/C29H39N5O2/c1-20(17-30)28(31-2)24-6-3-5-23(15-24)25(16-27(35)36)19-34-14-12-21(18-34)8-10-26-11-9-22-7-4-13-32-29(22)33-26/h3,5-6,9,11,15,17,21,25,30-31H,4,7-8,10,12-14,16,18-19H2,1-2H3,(H,32,33)(H,35,36)/b28-20-,30-17?. The summed E-state index contributed by atoms with van der Waals surface area (Å²) in [6, 6.07) is 12.5. The number of aryl methyl sites for hydroxylation is 2. The molecule has 0 radical (unpaired) electrons. The van der Waals surface area contributed by atoms with Gasteiger partial charge < -0.3 is 26.0 Å². The van der Waals surface area contributed by atoms with E-state index < -0.39 is 5.97 Å². The summed E-state index contributed by atoms with van der Waals surface area (Å²) in [4.78, 5) is 19.0. The van der Waals surface area contributed by atoms with Crippen LogP contribution < -0.4 is 10.6 Å². The second kappa shape index (κ2) is 12.2. The molecule has 1 fully saturated rings. The van der Waals surface area contributed by atoms with E-state index in [-0.39, 0.29) is 12.3 Å². The number of anilines is 1. The molecule has 7 heteroatoms. The number of rotatable bonds is 11. The second-order valence-electron chi connectivity index (χ2n) is 10.2. The van der Waals surface area contributed by atoms with Gasteiger partial charge in [-0.05, 0) is 85.9 Å². The molecule has 1 saturated heterocycles. The van der Waals surface area contributed by atoms with E-state index in [4.69, 9.17) is 10.4 Å². The van der Waals surface area contributed by atoms with E-state index in [1.807, 2.05) is 32.2 Å². The van der Waals surface area contributed by atoms with E-state index in [1.54, 1.807) is 0 Å². The van der Waals surface area contributed by atoms with Crippen molar-refractivity contribution in [3.05, 3.63) is 64.4 Å². The van der Waals surface area contributed by atoms with Gasteiger partial charge in [-0.15, -0.1) is 0 Å². The fourth-order valence-corrected chi connectivity index (χ4v) is 5.57. The number of nitrogens with zero attached hydrogens (tertiary/aromatic N) is 2. The van der Waals surface area contributed by atoms with Gasteiger partial charge >= 0.3 is 5.97 Å². The highest BCUT2D eigenvalue weighted by Gasteiger charge is 2.27. The van der Waals surface area contributed by atoms with Gasteiger partial charge in [0.05, 0.1) is 6.42 Å². The van der Waals surface area contributed by atoms with Crippen molar-refractivity contribution in [2.24, 2.45) is 5.92 Å². The zero-order chi connectivity index (χ0) is 25.5. The molecular weight excluding hydrogens is 450 g/mol. The van der Waals surface area contributed by atoms with Gasteiger partial charge in [0.15, 0.2) is 0 Å². The average Bonchev–Trinajstić information content (AvgIpc) is 3.34. The number of pyridine rings is 1. The first-order chi connectivity index (χ1) is 17.5. The quantitative estimate of drug-likeness (QED) is 0.346. The van der Waals surface area contributed by atoms with Gasteiger partial charge in [0.1, 0.15) is 5.82 Å². The normalized spacial score (nSPS) is 19.1. The number of hydrogen-bond donors (Lipinski definition) is 4. The van der Waals surface area contributed by atoms with E-state index >= 15 is 0 Å². The van der Waals surface area contributed by atoms with Crippen LogP contribution in [-0.2, 0) is 17.6 Å². The maximum Gasteiger partial charge on any atom is 0.304 e. The molecule has 0 aliphatic carbocycles. The Hall–Kier alpha value is -3.19. The van der Waals surface area contributed by atoms with Crippen LogP contribution in [0.3, 0.4) is 0 Å². The lowest BCUT2D eigenvalue weighted by atomic mass is 9.92. The molecule has 0 saturated carbocycles.